The Morgan fingerprint density at radius 3 is 2.54 bits per heavy atom. The summed E-state index contributed by atoms with van der Waals surface area (Å²) in [7, 11) is 0. The van der Waals surface area contributed by atoms with Crippen molar-refractivity contribution in [2.24, 2.45) is 5.92 Å². The number of ether oxygens (including phenoxy) is 2. The lowest BCUT2D eigenvalue weighted by molar-refractivity contribution is -0.144. The number of fused-ring (bicyclic) bond motifs is 1. The molecule has 3 N–H and O–H groups in total. The fourth-order valence-electron chi connectivity index (χ4n) is 5.96. The van der Waals surface area contributed by atoms with Gasteiger partial charge in [0.2, 0.25) is 18.2 Å². The van der Waals surface area contributed by atoms with E-state index in [1.807, 2.05) is 0 Å². The molecule has 2 heterocycles. The van der Waals surface area contributed by atoms with Crippen LogP contribution >= 0.6 is 0 Å². The first-order valence-corrected chi connectivity index (χ1v) is 16.0. The van der Waals surface area contributed by atoms with Gasteiger partial charge < -0.3 is 30.1 Å². The molecule has 1 saturated carbocycles. The molecule has 0 bridgehead atoms. The number of carbonyl (C=O) groups is 5. The quantitative estimate of drug-likeness (QED) is 0.203. The van der Waals surface area contributed by atoms with Crippen LogP contribution in [0.3, 0.4) is 0 Å². The summed E-state index contributed by atoms with van der Waals surface area (Å²) in [6.45, 7) is 6.79. The minimum atomic E-state index is -3.02. The highest BCUT2D eigenvalue weighted by Gasteiger charge is 2.61. The number of aliphatic carboxylic acids is 1. The van der Waals surface area contributed by atoms with Gasteiger partial charge in [0.05, 0.1) is 13.1 Å². The van der Waals surface area contributed by atoms with Crippen molar-refractivity contribution in [2.45, 2.75) is 115 Å². The molecule has 1 aromatic rings. The molecule has 2 fully saturated rings. The van der Waals surface area contributed by atoms with E-state index >= 15 is 0 Å². The fourth-order valence-corrected chi connectivity index (χ4v) is 5.96. The highest BCUT2D eigenvalue weighted by atomic mass is 19.3. The van der Waals surface area contributed by atoms with E-state index in [1.165, 1.54) is 23.1 Å². The summed E-state index contributed by atoms with van der Waals surface area (Å²) in [5.41, 5.74) is -1.31. The number of alkyl halides is 2. The molecule has 0 spiro atoms. The number of amides is 4. The summed E-state index contributed by atoms with van der Waals surface area (Å²) in [5.74, 6) is -6.15. The second kappa shape index (κ2) is 14.4. The summed E-state index contributed by atoms with van der Waals surface area (Å²) in [6.07, 6.45) is 0.118. The summed E-state index contributed by atoms with van der Waals surface area (Å²) in [6, 6.07) is 2.94. The van der Waals surface area contributed by atoms with Crippen LogP contribution in [0.1, 0.15) is 77.3 Å². The van der Waals surface area contributed by atoms with Crippen molar-refractivity contribution in [1.29, 1.82) is 0 Å². The Hall–Kier alpha value is -4.30. The van der Waals surface area contributed by atoms with Crippen molar-refractivity contribution < 1.29 is 51.7 Å². The van der Waals surface area contributed by atoms with E-state index in [0.717, 1.165) is 4.90 Å². The number of carboxylic acid groups (broad SMARTS) is 1. The average Bonchev–Trinajstić information content (AvgIpc) is 3.30. The van der Waals surface area contributed by atoms with Crippen molar-refractivity contribution in [3.05, 3.63) is 47.3 Å². The molecule has 264 valence electrons. The van der Waals surface area contributed by atoms with Crippen LogP contribution in [0.2, 0.25) is 0 Å². The predicted molar refractivity (Wildman–Crippen MR) is 165 cm³/mol. The van der Waals surface area contributed by atoms with Gasteiger partial charge in [0.25, 0.3) is 0 Å². The molecule has 3 aliphatic rings. The number of allylic oxidation sites excluding steroid dienone is 1. The molecule has 5 atom stereocenters. The number of hydrogen-bond acceptors (Lipinski definition) is 7. The number of carbonyl (C=O) groups excluding carboxylic acids is 4. The van der Waals surface area contributed by atoms with Crippen LogP contribution < -0.4 is 10.6 Å². The molecule has 2 aliphatic heterocycles. The smallest absolute Gasteiger partial charge is 0.410 e. The maximum absolute atomic E-state index is 14.5. The van der Waals surface area contributed by atoms with Gasteiger partial charge in [-0.05, 0) is 58.6 Å². The Labute approximate surface area is 277 Å². The predicted octanol–water partition coefficient (Wildman–Crippen LogP) is 4.50. The lowest BCUT2D eigenvalue weighted by Gasteiger charge is -2.23. The maximum atomic E-state index is 14.5. The Kier molecular flexibility index (Phi) is 11.0. The van der Waals surface area contributed by atoms with Crippen molar-refractivity contribution in [1.82, 2.24) is 20.4 Å². The third-order valence-corrected chi connectivity index (χ3v) is 8.68. The number of likely N-dealkylation sites (tertiary alicyclic amines) is 1. The zero-order valence-corrected chi connectivity index (χ0v) is 27.5. The standard InChI is InChI=1S/C33H43F3N4O8/c1-20(37-29(45)48-31(2,3)4)11-13-32(35,36)12-6-5-9-22-15-33(22,28(43)44)38-27(42)26-14-23(17-40(26)19-41)47-30(46)39-16-21-8-7-10-25(34)24(21)18-39/h5,7-10,19-20,22-23,26H,6,11-18H2,1-4H3,(H,37,45)(H,38,42)(H,43,44)/b9-5-/t20-,22-,23-,26+,33-/m1/s1. The molecule has 1 saturated heterocycles. The van der Waals surface area contributed by atoms with Gasteiger partial charge in [-0.25, -0.2) is 27.6 Å². The Morgan fingerprint density at radius 1 is 1.17 bits per heavy atom. The van der Waals surface area contributed by atoms with E-state index in [2.05, 4.69) is 10.6 Å². The number of halogens is 3. The third-order valence-electron chi connectivity index (χ3n) is 8.68. The van der Waals surface area contributed by atoms with E-state index in [-0.39, 0.29) is 45.3 Å². The first-order valence-electron chi connectivity index (χ1n) is 16.0. The van der Waals surface area contributed by atoms with Crippen LogP contribution in [0.25, 0.3) is 0 Å². The van der Waals surface area contributed by atoms with E-state index < -0.39 is 83.9 Å². The molecule has 0 aromatic heterocycles. The average molecular weight is 681 g/mol. The summed E-state index contributed by atoms with van der Waals surface area (Å²) in [4.78, 5) is 64.2. The van der Waals surface area contributed by atoms with Gasteiger partial charge >= 0.3 is 18.2 Å². The van der Waals surface area contributed by atoms with Gasteiger partial charge in [0.1, 0.15) is 29.1 Å². The first-order chi connectivity index (χ1) is 22.4. The van der Waals surface area contributed by atoms with Crippen LogP contribution in [-0.2, 0) is 36.9 Å². The first kappa shape index (κ1) is 36.5. The molecule has 48 heavy (non-hydrogen) atoms. The minimum absolute atomic E-state index is 0.0229. The van der Waals surface area contributed by atoms with Gasteiger partial charge in [-0.15, -0.1) is 0 Å². The molecule has 15 heteroatoms. The van der Waals surface area contributed by atoms with Gasteiger partial charge in [0, 0.05) is 43.3 Å². The van der Waals surface area contributed by atoms with Gasteiger partial charge in [-0.3, -0.25) is 14.5 Å². The maximum Gasteiger partial charge on any atom is 0.410 e. The van der Waals surface area contributed by atoms with Crippen LogP contribution in [0.5, 0.6) is 0 Å². The van der Waals surface area contributed by atoms with Crippen molar-refractivity contribution in [2.75, 3.05) is 6.54 Å². The van der Waals surface area contributed by atoms with Gasteiger partial charge in [0.15, 0.2) is 0 Å². The number of alkyl carbamates (subject to hydrolysis) is 1. The van der Waals surface area contributed by atoms with E-state index in [1.54, 1.807) is 39.8 Å². The second-order valence-electron chi connectivity index (χ2n) is 13.8. The van der Waals surface area contributed by atoms with E-state index in [0.29, 0.717) is 17.5 Å². The third kappa shape index (κ3) is 9.19. The number of hydrogen-bond donors (Lipinski definition) is 3. The molecule has 1 aromatic carbocycles. The van der Waals surface area contributed by atoms with E-state index in [9.17, 15) is 42.3 Å². The topological polar surface area (TPSA) is 155 Å². The van der Waals surface area contributed by atoms with Crippen LogP contribution in [-0.4, -0.2) is 87.2 Å². The zero-order chi connectivity index (χ0) is 35.4. The molecule has 12 nitrogen and oxygen atoms in total. The number of nitrogens with one attached hydrogen (secondary N) is 2. The molecular weight excluding hydrogens is 637 g/mol. The summed E-state index contributed by atoms with van der Waals surface area (Å²) >= 11 is 0. The van der Waals surface area contributed by atoms with E-state index in [4.69, 9.17) is 9.47 Å². The number of benzene rings is 1. The van der Waals surface area contributed by atoms with Gasteiger partial charge in [-0.2, -0.15) is 0 Å². The zero-order valence-electron chi connectivity index (χ0n) is 27.5. The van der Waals surface area contributed by atoms with Crippen LogP contribution in [0, 0.1) is 11.7 Å². The van der Waals surface area contributed by atoms with Crippen molar-refractivity contribution in [3.8, 4) is 0 Å². The molecule has 4 rings (SSSR count). The highest BCUT2D eigenvalue weighted by Crippen LogP contribution is 2.45. The Morgan fingerprint density at radius 2 is 1.90 bits per heavy atom. The monoisotopic (exact) mass is 680 g/mol. The second-order valence-corrected chi connectivity index (χ2v) is 13.8. The van der Waals surface area contributed by atoms with Crippen LogP contribution in [0.15, 0.2) is 30.4 Å². The molecule has 0 radical (unpaired) electrons. The number of rotatable bonds is 13. The van der Waals surface area contributed by atoms with Crippen LogP contribution in [0.4, 0.5) is 22.8 Å². The molecule has 1 aliphatic carbocycles. The fraction of sp³-hybridized carbons (Fsp3) is 0.606. The minimum Gasteiger partial charge on any atom is -0.479 e. The number of nitrogens with zero attached hydrogens (tertiary/aromatic N) is 2. The SMILES string of the molecule is C[C@H](CCC(F)(F)CC/C=C\[C@@H]1C[C@]1(NC(=O)[C@@H]1C[C@@H](OC(=O)N2Cc3cccc(F)c3C2)CN1C=O)C(=O)O)NC(=O)OC(C)(C)C. The van der Waals surface area contributed by atoms with Crippen molar-refractivity contribution >= 4 is 30.5 Å². The lowest BCUT2D eigenvalue weighted by Crippen LogP contribution is -2.51. The summed E-state index contributed by atoms with van der Waals surface area (Å²) in [5, 5.41) is 15.0. The summed E-state index contributed by atoms with van der Waals surface area (Å²) < 4.78 is 53.7. The molecule has 0 unspecified atom stereocenters. The molecule has 4 amide bonds. The normalized spacial score (nSPS) is 24.2. The van der Waals surface area contributed by atoms with Gasteiger partial charge in [-0.1, -0.05) is 24.3 Å². The van der Waals surface area contributed by atoms with Crippen molar-refractivity contribution in [3.63, 3.8) is 0 Å². The molecular formula is C33H43F3N4O8. The lowest BCUT2D eigenvalue weighted by atomic mass is 10.0. The Balaban J connectivity index is 1.23. The number of carboxylic acids is 1. The highest BCUT2D eigenvalue weighted by molar-refractivity contribution is 5.93. The largest absolute Gasteiger partial charge is 0.479 e. The Bertz CT molecular complexity index is 1430.